The zero-order valence-electron chi connectivity index (χ0n) is 17.3. The van der Waals surface area contributed by atoms with E-state index in [4.69, 9.17) is 4.74 Å². The number of hydrogen-bond donors (Lipinski definition) is 0. The topological polar surface area (TPSA) is 73.1 Å². The standard InChI is InChI=1S/C24H23N5O2/c1-17-9-10-19(31-23-8-4-5-18-15-25-12-11-20(18)23)16-28(17)24(30)21-6-2-3-7-22(21)29-26-13-14-27-29/h2-8,11-15,17,19H,9-10,16H2,1H3/t17-,19-/m0/s1. The lowest BCUT2D eigenvalue weighted by atomic mass is 9.99. The van der Waals surface area contributed by atoms with Gasteiger partial charge in [0.05, 0.1) is 30.2 Å². The Labute approximate surface area is 180 Å². The highest BCUT2D eigenvalue weighted by Crippen LogP contribution is 2.29. The number of aromatic nitrogens is 4. The molecule has 0 bridgehead atoms. The maximum atomic E-state index is 13.5. The molecule has 4 aromatic rings. The summed E-state index contributed by atoms with van der Waals surface area (Å²) >= 11 is 0. The fourth-order valence-electron chi connectivity index (χ4n) is 4.15. The third kappa shape index (κ3) is 3.74. The van der Waals surface area contributed by atoms with Crippen LogP contribution in [0.1, 0.15) is 30.1 Å². The molecule has 1 fully saturated rings. The van der Waals surface area contributed by atoms with Gasteiger partial charge in [-0.3, -0.25) is 9.78 Å². The lowest BCUT2D eigenvalue weighted by Gasteiger charge is -2.38. The van der Waals surface area contributed by atoms with Crippen LogP contribution in [0.2, 0.25) is 0 Å². The number of ether oxygens (including phenoxy) is 1. The SMILES string of the molecule is C[C@H]1CC[C@H](Oc2cccc3cnccc23)CN1C(=O)c1ccccc1-n1nccn1. The molecule has 1 saturated heterocycles. The number of benzene rings is 2. The average molecular weight is 413 g/mol. The van der Waals surface area contributed by atoms with Crippen molar-refractivity contribution >= 4 is 16.7 Å². The van der Waals surface area contributed by atoms with Crippen LogP contribution < -0.4 is 4.74 Å². The maximum Gasteiger partial charge on any atom is 0.256 e. The number of carbonyl (C=O) groups excluding carboxylic acids is 1. The zero-order valence-corrected chi connectivity index (χ0v) is 17.3. The van der Waals surface area contributed by atoms with Gasteiger partial charge in [0.2, 0.25) is 0 Å². The first-order chi connectivity index (χ1) is 15.2. The molecule has 0 unspecified atom stereocenters. The van der Waals surface area contributed by atoms with Crippen LogP contribution in [0.4, 0.5) is 0 Å². The molecule has 7 nitrogen and oxygen atoms in total. The second-order valence-electron chi connectivity index (χ2n) is 7.81. The molecule has 7 heteroatoms. The Morgan fingerprint density at radius 1 is 1.00 bits per heavy atom. The highest BCUT2D eigenvalue weighted by atomic mass is 16.5. The van der Waals surface area contributed by atoms with Crippen LogP contribution >= 0.6 is 0 Å². The second kappa shape index (κ2) is 8.18. The van der Waals surface area contributed by atoms with Gasteiger partial charge < -0.3 is 9.64 Å². The summed E-state index contributed by atoms with van der Waals surface area (Å²) in [7, 11) is 0. The van der Waals surface area contributed by atoms with Gasteiger partial charge in [-0.15, -0.1) is 0 Å². The van der Waals surface area contributed by atoms with Crippen LogP contribution in [-0.2, 0) is 0 Å². The lowest BCUT2D eigenvalue weighted by molar-refractivity contribution is 0.0388. The van der Waals surface area contributed by atoms with Gasteiger partial charge in [-0.05, 0) is 44.0 Å². The summed E-state index contributed by atoms with van der Waals surface area (Å²) in [6.07, 6.45) is 8.52. The minimum Gasteiger partial charge on any atom is -0.488 e. The van der Waals surface area contributed by atoms with Gasteiger partial charge in [0.15, 0.2) is 0 Å². The van der Waals surface area contributed by atoms with Crippen molar-refractivity contribution < 1.29 is 9.53 Å². The Morgan fingerprint density at radius 3 is 2.71 bits per heavy atom. The lowest BCUT2D eigenvalue weighted by Crippen LogP contribution is -2.49. The molecule has 0 spiro atoms. The van der Waals surface area contributed by atoms with E-state index in [0.717, 1.165) is 29.4 Å². The Balaban J connectivity index is 1.40. The van der Waals surface area contributed by atoms with Crippen molar-refractivity contribution in [2.45, 2.75) is 31.9 Å². The maximum absolute atomic E-state index is 13.5. The normalized spacial score (nSPS) is 18.8. The average Bonchev–Trinajstić information content (AvgIpc) is 3.35. The molecule has 5 rings (SSSR count). The summed E-state index contributed by atoms with van der Waals surface area (Å²) in [5.41, 5.74) is 1.26. The number of piperidine rings is 1. The first-order valence-corrected chi connectivity index (χ1v) is 10.5. The summed E-state index contributed by atoms with van der Waals surface area (Å²) < 4.78 is 6.38. The first kappa shape index (κ1) is 19.2. The van der Waals surface area contributed by atoms with E-state index in [2.05, 4.69) is 22.1 Å². The molecule has 1 amide bonds. The van der Waals surface area contributed by atoms with Crippen molar-refractivity contribution in [2.75, 3.05) is 6.54 Å². The number of nitrogens with zero attached hydrogens (tertiary/aromatic N) is 5. The van der Waals surface area contributed by atoms with Crippen LogP contribution in [0.5, 0.6) is 5.75 Å². The number of carbonyl (C=O) groups is 1. The summed E-state index contributed by atoms with van der Waals surface area (Å²) in [4.78, 5) is 21.1. The zero-order chi connectivity index (χ0) is 21.2. The highest BCUT2D eigenvalue weighted by Gasteiger charge is 2.32. The molecule has 0 aliphatic carbocycles. The molecule has 0 saturated carbocycles. The number of rotatable bonds is 4. The molecule has 2 aromatic heterocycles. The van der Waals surface area contributed by atoms with E-state index in [9.17, 15) is 4.79 Å². The Morgan fingerprint density at radius 2 is 1.84 bits per heavy atom. The number of hydrogen-bond acceptors (Lipinski definition) is 5. The van der Waals surface area contributed by atoms with E-state index in [1.54, 1.807) is 18.6 Å². The molecule has 0 N–H and O–H groups in total. The van der Waals surface area contributed by atoms with Crippen molar-refractivity contribution in [2.24, 2.45) is 0 Å². The molecular formula is C24H23N5O2. The van der Waals surface area contributed by atoms with Crippen LogP contribution in [0.3, 0.4) is 0 Å². The largest absolute Gasteiger partial charge is 0.488 e. The fraction of sp³-hybridized carbons (Fsp3) is 0.250. The minimum atomic E-state index is -0.0751. The first-order valence-electron chi connectivity index (χ1n) is 10.5. The summed E-state index contributed by atoms with van der Waals surface area (Å²) in [5.74, 6) is 0.795. The molecule has 1 aliphatic rings. The summed E-state index contributed by atoms with van der Waals surface area (Å²) in [6, 6.07) is 15.5. The molecule has 3 heterocycles. The molecule has 2 atom stereocenters. The predicted molar refractivity (Wildman–Crippen MR) is 117 cm³/mol. The van der Waals surface area contributed by atoms with Gasteiger partial charge >= 0.3 is 0 Å². The number of pyridine rings is 1. The van der Waals surface area contributed by atoms with Crippen molar-refractivity contribution in [1.29, 1.82) is 0 Å². The smallest absolute Gasteiger partial charge is 0.256 e. The van der Waals surface area contributed by atoms with Gasteiger partial charge in [0.25, 0.3) is 5.91 Å². The molecule has 31 heavy (non-hydrogen) atoms. The molecule has 0 radical (unpaired) electrons. The Hall–Kier alpha value is -3.74. The monoisotopic (exact) mass is 413 g/mol. The third-order valence-corrected chi connectivity index (χ3v) is 5.80. The second-order valence-corrected chi connectivity index (χ2v) is 7.81. The van der Waals surface area contributed by atoms with Crippen molar-refractivity contribution in [1.82, 2.24) is 24.9 Å². The van der Waals surface area contributed by atoms with Crippen LogP contribution in [0.25, 0.3) is 16.5 Å². The van der Waals surface area contributed by atoms with E-state index in [1.165, 1.54) is 4.80 Å². The van der Waals surface area contributed by atoms with Gasteiger partial charge in [-0.2, -0.15) is 15.0 Å². The van der Waals surface area contributed by atoms with Crippen molar-refractivity contribution in [3.8, 4) is 11.4 Å². The number of para-hydroxylation sites is 1. The summed E-state index contributed by atoms with van der Waals surface area (Å²) in [6.45, 7) is 2.62. The summed E-state index contributed by atoms with van der Waals surface area (Å²) in [5, 5.41) is 10.5. The van der Waals surface area contributed by atoms with Crippen LogP contribution in [0, 0.1) is 0 Å². The molecular weight excluding hydrogens is 390 g/mol. The number of likely N-dealkylation sites (tertiary alicyclic amines) is 1. The predicted octanol–water partition coefficient (Wildman–Crippen LogP) is 3.89. The molecule has 2 aromatic carbocycles. The number of fused-ring (bicyclic) bond motifs is 1. The van der Waals surface area contributed by atoms with Gasteiger partial charge in [0.1, 0.15) is 11.9 Å². The minimum absolute atomic E-state index is 0.0316. The Kier molecular flexibility index (Phi) is 5.08. The van der Waals surface area contributed by atoms with Gasteiger partial charge in [0, 0.05) is 29.2 Å². The van der Waals surface area contributed by atoms with E-state index in [1.807, 2.05) is 59.6 Å². The van der Waals surface area contributed by atoms with Crippen LogP contribution in [-0.4, -0.2) is 49.5 Å². The molecule has 156 valence electrons. The third-order valence-electron chi connectivity index (χ3n) is 5.80. The van der Waals surface area contributed by atoms with Crippen LogP contribution in [0.15, 0.2) is 73.3 Å². The fourth-order valence-corrected chi connectivity index (χ4v) is 4.15. The highest BCUT2D eigenvalue weighted by molar-refractivity contribution is 5.98. The Bertz CT molecular complexity index is 1200. The van der Waals surface area contributed by atoms with Crippen molar-refractivity contribution in [3.63, 3.8) is 0 Å². The van der Waals surface area contributed by atoms with E-state index in [0.29, 0.717) is 17.8 Å². The van der Waals surface area contributed by atoms with E-state index >= 15 is 0 Å². The van der Waals surface area contributed by atoms with Gasteiger partial charge in [-0.1, -0.05) is 24.3 Å². The quantitative estimate of drug-likeness (QED) is 0.508. The number of amides is 1. The molecule has 1 aliphatic heterocycles. The van der Waals surface area contributed by atoms with E-state index < -0.39 is 0 Å². The van der Waals surface area contributed by atoms with E-state index in [-0.39, 0.29) is 18.1 Å². The van der Waals surface area contributed by atoms with Gasteiger partial charge in [-0.25, -0.2) is 0 Å². The van der Waals surface area contributed by atoms with Crippen molar-refractivity contribution in [3.05, 3.63) is 78.9 Å².